The highest BCUT2D eigenvalue weighted by Crippen LogP contribution is 2.43. The zero-order valence-electron chi connectivity index (χ0n) is 12.3. The monoisotopic (exact) mass is 271 g/mol. The molecule has 4 aliphatic rings. The molecule has 0 aromatic heterocycles. The third-order valence-electron chi connectivity index (χ3n) is 5.28. The second-order valence-electron chi connectivity index (χ2n) is 6.73. The van der Waals surface area contributed by atoms with E-state index in [2.05, 4.69) is 23.1 Å². The Bertz CT molecular complexity index is 468. The number of likely N-dealkylation sites (tertiary alicyclic amines) is 1. The zero-order valence-corrected chi connectivity index (χ0v) is 12.3. The Morgan fingerprint density at radius 3 is 2.90 bits per heavy atom. The summed E-state index contributed by atoms with van der Waals surface area (Å²) in [5.74, 6) is 1.95. The van der Waals surface area contributed by atoms with Crippen molar-refractivity contribution >= 4 is 0 Å². The summed E-state index contributed by atoms with van der Waals surface area (Å²) in [7, 11) is 0. The molecule has 2 atom stereocenters. The number of allylic oxidation sites excluding steroid dienone is 6. The average Bonchev–Trinajstić information content (AvgIpc) is 3.11. The first-order valence-electron chi connectivity index (χ1n) is 8.38. The van der Waals surface area contributed by atoms with Gasteiger partial charge in [0.15, 0.2) is 0 Å². The van der Waals surface area contributed by atoms with Crippen molar-refractivity contribution in [2.45, 2.75) is 51.0 Å². The van der Waals surface area contributed by atoms with Gasteiger partial charge in [-0.15, -0.1) is 0 Å². The minimum Gasteiger partial charge on any atom is -0.494 e. The predicted octanol–water partition coefficient (Wildman–Crippen LogP) is 3.81. The minimum absolute atomic E-state index is 0.466. The molecule has 0 saturated carbocycles. The highest BCUT2D eigenvalue weighted by Gasteiger charge is 2.35. The molecule has 0 aromatic rings. The Morgan fingerprint density at radius 2 is 2.00 bits per heavy atom. The van der Waals surface area contributed by atoms with E-state index in [0.29, 0.717) is 12.0 Å². The molecule has 2 saturated heterocycles. The molecule has 2 fully saturated rings. The number of nitrogens with zero attached hydrogens (tertiary/aromatic N) is 1. The van der Waals surface area contributed by atoms with Crippen LogP contribution in [-0.4, -0.2) is 30.6 Å². The van der Waals surface area contributed by atoms with E-state index in [1.165, 1.54) is 75.9 Å². The van der Waals surface area contributed by atoms with Crippen molar-refractivity contribution in [3.8, 4) is 0 Å². The van der Waals surface area contributed by atoms with Gasteiger partial charge in [-0.3, -0.25) is 0 Å². The molecule has 0 radical (unpaired) electrons. The largest absolute Gasteiger partial charge is 0.494 e. The minimum atomic E-state index is 0.466. The molecule has 4 rings (SSSR count). The lowest BCUT2D eigenvalue weighted by Gasteiger charge is -2.23. The Labute approximate surface area is 122 Å². The van der Waals surface area contributed by atoms with Gasteiger partial charge < -0.3 is 9.64 Å². The smallest absolute Gasteiger partial charge is 0.101 e. The molecule has 2 unspecified atom stereocenters. The van der Waals surface area contributed by atoms with Gasteiger partial charge >= 0.3 is 0 Å². The third-order valence-corrected chi connectivity index (χ3v) is 5.28. The first kappa shape index (κ1) is 12.7. The normalized spacial score (nSPS) is 32.9. The van der Waals surface area contributed by atoms with Crippen LogP contribution in [0.25, 0.3) is 0 Å². The second kappa shape index (κ2) is 5.40. The van der Waals surface area contributed by atoms with E-state index in [4.69, 9.17) is 4.74 Å². The van der Waals surface area contributed by atoms with Gasteiger partial charge in [-0.1, -0.05) is 12.2 Å². The van der Waals surface area contributed by atoms with Crippen molar-refractivity contribution in [3.63, 3.8) is 0 Å². The van der Waals surface area contributed by atoms with Crippen LogP contribution in [-0.2, 0) is 4.74 Å². The predicted molar refractivity (Wildman–Crippen MR) is 81.4 cm³/mol. The summed E-state index contributed by atoms with van der Waals surface area (Å²) in [4.78, 5) is 2.60. The number of ether oxygens (including phenoxy) is 1. The number of fused-ring (bicyclic) bond motifs is 2. The molecular weight excluding hydrogens is 246 g/mol. The Kier molecular flexibility index (Phi) is 3.43. The summed E-state index contributed by atoms with van der Waals surface area (Å²) in [6.45, 7) is 3.84. The van der Waals surface area contributed by atoms with E-state index < -0.39 is 0 Å². The van der Waals surface area contributed by atoms with Crippen LogP contribution in [0.4, 0.5) is 0 Å². The van der Waals surface area contributed by atoms with E-state index in [0.717, 1.165) is 0 Å². The maximum Gasteiger partial charge on any atom is 0.101 e. The van der Waals surface area contributed by atoms with Crippen LogP contribution in [0.5, 0.6) is 0 Å². The second-order valence-corrected chi connectivity index (χ2v) is 6.73. The lowest BCUT2D eigenvalue weighted by atomic mass is 9.82. The van der Waals surface area contributed by atoms with Gasteiger partial charge in [-0.05, 0) is 75.3 Å². The quantitative estimate of drug-likeness (QED) is 0.774. The molecule has 0 bridgehead atoms. The van der Waals surface area contributed by atoms with Crippen molar-refractivity contribution in [2.75, 3.05) is 19.6 Å². The van der Waals surface area contributed by atoms with E-state index in [1.54, 1.807) is 5.57 Å². The molecule has 2 aliphatic heterocycles. The fourth-order valence-corrected chi connectivity index (χ4v) is 4.13. The molecule has 0 aromatic carbocycles. The average molecular weight is 271 g/mol. The standard InChI is InChI=1S/C18H25NO/c1-2-6-15-13-18-16(11-14(15)5-1)12-17(20-18)7-10-19-8-3-4-9-19/h5-6,13,16-17H,1-4,7-12H2. The Hall–Kier alpha value is -1.02. The van der Waals surface area contributed by atoms with Gasteiger partial charge in [0.1, 0.15) is 11.9 Å². The highest BCUT2D eigenvalue weighted by atomic mass is 16.5. The Morgan fingerprint density at radius 1 is 1.15 bits per heavy atom. The lowest BCUT2D eigenvalue weighted by molar-refractivity contribution is 0.137. The number of hydrogen-bond acceptors (Lipinski definition) is 2. The fraction of sp³-hybridized carbons (Fsp3) is 0.667. The summed E-state index contributed by atoms with van der Waals surface area (Å²) < 4.78 is 6.24. The van der Waals surface area contributed by atoms with Crippen LogP contribution < -0.4 is 0 Å². The Balaban J connectivity index is 1.38. The van der Waals surface area contributed by atoms with Gasteiger partial charge in [-0.2, -0.15) is 0 Å². The molecule has 0 N–H and O–H groups in total. The van der Waals surface area contributed by atoms with Crippen LogP contribution in [0.15, 0.2) is 35.1 Å². The summed E-state index contributed by atoms with van der Waals surface area (Å²) in [5, 5.41) is 0. The molecule has 108 valence electrons. The van der Waals surface area contributed by atoms with Gasteiger partial charge in [0.2, 0.25) is 0 Å². The SMILES string of the molecule is C1=C2C=C3OC(CCN4CCCC4)CC3CC2=CCC1. The molecule has 2 heteroatoms. The van der Waals surface area contributed by atoms with Gasteiger partial charge in [0, 0.05) is 12.5 Å². The molecule has 0 amide bonds. The van der Waals surface area contributed by atoms with E-state index >= 15 is 0 Å². The summed E-state index contributed by atoms with van der Waals surface area (Å²) in [6.07, 6.45) is 16.5. The van der Waals surface area contributed by atoms with Crippen molar-refractivity contribution in [1.29, 1.82) is 0 Å². The number of hydrogen-bond donors (Lipinski definition) is 0. The van der Waals surface area contributed by atoms with Crippen molar-refractivity contribution in [2.24, 2.45) is 5.92 Å². The third kappa shape index (κ3) is 2.46. The molecule has 2 nitrogen and oxygen atoms in total. The van der Waals surface area contributed by atoms with Crippen molar-refractivity contribution in [3.05, 3.63) is 35.1 Å². The summed E-state index contributed by atoms with van der Waals surface area (Å²) in [5.41, 5.74) is 3.02. The number of rotatable bonds is 3. The molecular formula is C18H25NO. The highest BCUT2D eigenvalue weighted by molar-refractivity contribution is 5.47. The molecule has 20 heavy (non-hydrogen) atoms. The molecule has 0 spiro atoms. The van der Waals surface area contributed by atoms with E-state index in [-0.39, 0.29) is 0 Å². The maximum absolute atomic E-state index is 6.24. The topological polar surface area (TPSA) is 12.5 Å². The van der Waals surface area contributed by atoms with Crippen LogP contribution in [0.2, 0.25) is 0 Å². The summed E-state index contributed by atoms with van der Waals surface area (Å²) >= 11 is 0. The van der Waals surface area contributed by atoms with Crippen LogP contribution >= 0.6 is 0 Å². The molecule has 2 heterocycles. The maximum atomic E-state index is 6.24. The van der Waals surface area contributed by atoms with Crippen LogP contribution in [0, 0.1) is 5.92 Å². The fourth-order valence-electron chi connectivity index (χ4n) is 4.13. The van der Waals surface area contributed by atoms with Gasteiger partial charge in [-0.25, -0.2) is 0 Å². The van der Waals surface area contributed by atoms with Crippen molar-refractivity contribution in [1.82, 2.24) is 4.90 Å². The first-order chi connectivity index (χ1) is 9.88. The van der Waals surface area contributed by atoms with Gasteiger partial charge in [0.25, 0.3) is 0 Å². The zero-order chi connectivity index (χ0) is 13.4. The van der Waals surface area contributed by atoms with E-state index in [1.807, 2.05) is 0 Å². The van der Waals surface area contributed by atoms with Crippen molar-refractivity contribution < 1.29 is 4.74 Å². The van der Waals surface area contributed by atoms with Crippen LogP contribution in [0.1, 0.15) is 44.9 Å². The van der Waals surface area contributed by atoms with Crippen LogP contribution in [0.3, 0.4) is 0 Å². The van der Waals surface area contributed by atoms with Gasteiger partial charge in [0.05, 0.1) is 0 Å². The lowest BCUT2D eigenvalue weighted by Crippen LogP contribution is -2.24. The molecule has 2 aliphatic carbocycles. The summed E-state index contributed by atoms with van der Waals surface area (Å²) in [6, 6.07) is 0. The van der Waals surface area contributed by atoms with E-state index in [9.17, 15) is 0 Å². The first-order valence-corrected chi connectivity index (χ1v) is 8.38.